The Labute approximate surface area is 151 Å². The van der Waals surface area contributed by atoms with Crippen molar-refractivity contribution < 1.29 is 19.1 Å². The van der Waals surface area contributed by atoms with E-state index >= 15 is 0 Å². The number of rotatable bonds is 6. The zero-order chi connectivity index (χ0) is 17.6. The largest absolute Gasteiger partial charge is 0.462 e. The molecule has 5 nitrogen and oxygen atoms in total. The summed E-state index contributed by atoms with van der Waals surface area (Å²) in [6, 6.07) is 11.0. The van der Waals surface area contributed by atoms with E-state index in [0.29, 0.717) is 23.6 Å². The first kappa shape index (κ1) is 17.6. The Morgan fingerprint density at radius 2 is 2.20 bits per heavy atom. The molecule has 1 aliphatic heterocycles. The Morgan fingerprint density at radius 1 is 1.32 bits per heavy atom. The van der Waals surface area contributed by atoms with Crippen molar-refractivity contribution in [2.45, 2.75) is 25.9 Å². The molecule has 0 aliphatic carbocycles. The van der Waals surface area contributed by atoms with Crippen LogP contribution in [-0.4, -0.2) is 37.7 Å². The van der Waals surface area contributed by atoms with Gasteiger partial charge in [-0.25, -0.2) is 4.79 Å². The summed E-state index contributed by atoms with van der Waals surface area (Å²) in [7, 11) is 0. The highest BCUT2D eigenvalue weighted by molar-refractivity contribution is 7.17. The number of ether oxygens (including phenoxy) is 2. The van der Waals surface area contributed by atoms with E-state index in [0.717, 1.165) is 29.9 Å². The van der Waals surface area contributed by atoms with Crippen LogP contribution in [0.3, 0.4) is 0 Å². The van der Waals surface area contributed by atoms with Crippen LogP contribution in [0.15, 0.2) is 36.4 Å². The molecule has 25 heavy (non-hydrogen) atoms. The van der Waals surface area contributed by atoms with E-state index in [1.54, 1.807) is 19.1 Å². The van der Waals surface area contributed by atoms with Crippen molar-refractivity contribution in [3.63, 3.8) is 0 Å². The van der Waals surface area contributed by atoms with Crippen molar-refractivity contribution in [2.24, 2.45) is 0 Å². The molecule has 1 aromatic heterocycles. The molecule has 1 fully saturated rings. The van der Waals surface area contributed by atoms with Gasteiger partial charge in [0.1, 0.15) is 4.88 Å². The SMILES string of the molecule is CCOC(=O)c1ccc(-c2cccc(C(=O)NC[C@@H]3CCCO3)c2)s1. The van der Waals surface area contributed by atoms with E-state index < -0.39 is 0 Å². The summed E-state index contributed by atoms with van der Waals surface area (Å²) in [5.74, 6) is -0.427. The molecule has 1 aromatic carbocycles. The van der Waals surface area contributed by atoms with Gasteiger partial charge in [0, 0.05) is 23.6 Å². The molecule has 2 aromatic rings. The molecular formula is C19H21NO4S. The molecule has 0 saturated carbocycles. The van der Waals surface area contributed by atoms with Crippen molar-refractivity contribution in [3.05, 3.63) is 46.8 Å². The van der Waals surface area contributed by atoms with Crippen LogP contribution in [0.25, 0.3) is 10.4 Å². The number of hydrogen-bond acceptors (Lipinski definition) is 5. The fourth-order valence-corrected chi connectivity index (χ4v) is 3.63. The van der Waals surface area contributed by atoms with Crippen molar-refractivity contribution in [2.75, 3.05) is 19.8 Å². The van der Waals surface area contributed by atoms with E-state index in [4.69, 9.17) is 9.47 Å². The fraction of sp³-hybridized carbons (Fsp3) is 0.368. The van der Waals surface area contributed by atoms with Crippen LogP contribution in [0.5, 0.6) is 0 Å². The second kappa shape index (κ2) is 8.27. The summed E-state index contributed by atoms with van der Waals surface area (Å²) >= 11 is 1.36. The van der Waals surface area contributed by atoms with Gasteiger partial charge in [0.15, 0.2) is 0 Å². The first-order valence-corrected chi connectivity index (χ1v) is 9.26. The molecule has 0 bridgehead atoms. The molecule has 1 aliphatic rings. The van der Waals surface area contributed by atoms with Crippen LogP contribution in [0, 0.1) is 0 Å². The van der Waals surface area contributed by atoms with Crippen LogP contribution in [0.1, 0.15) is 39.8 Å². The quantitative estimate of drug-likeness (QED) is 0.802. The van der Waals surface area contributed by atoms with E-state index in [-0.39, 0.29) is 18.0 Å². The zero-order valence-corrected chi connectivity index (χ0v) is 14.9. The van der Waals surface area contributed by atoms with E-state index in [1.807, 2.05) is 24.3 Å². The summed E-state index contributed by atoms with van der Waals surface area (Å²) in [5.41, 5.74) is 1.51. The minimum Gasteiger partial charge on any atom is -0.462 e. The number of carbonyl (C=O) groups excluding carboxylic acids is 2. The summed E-state index contributed by atoms with van der Waals surface area (Å²) in [5, 5.41) is 2.93. The van der Waals surface area contributed by atoms with E-state index in [2.05, 4.69) is 5.32 Å². The Balaban J connectivity index is 1.68. The van der Waals surface area contributed by atoms with Crippen molar-refractivity contribution in [3.8, 4) is 10.4 Å². The molecule has 1 atom stereocenters. The van der Waals surface area contributed by atoms with Gasteiger partial charge in [0.2, 0.25) is 0 Å². The van der Waals surface area contributed by atoms with E-state index in [1.165, 1.54) is 11.3 Å². The third-order valence-corrected chi connectivity index (χ3v) is 5.12. The number of hydrogen-bond donors (Lipinski definition) is 1. The molecule has 0 unspecified atom stereocenters. The fourth-order valence-electron chi connectivity index (χ4n) is 2.73. The smallest absolute Gasteiger partial charge is 0.348 e. The number of nitrogens with one attached hydrogen (secondary N) is 1. The first-order chi connectivity index (χ1) is 12.2. The standard InChI is InChI=1S/C19H21NO4S/c1-2-23-19(22)17-9-8-16(25-17)13-5-3-6-14(11-13)18(21)20-12-15-7-4-10-24-15/h3,5-6,8-9,11,15H,2,4,7,10,12H2,1H3,(H,20,21)/t15-/m0/s1. The molecule has 2 heterocycles. The van der Waals surface area contributed by atoms with Crippen molar-refractivity contribution in [1.82, 2.24) is 5.32 Å². The summed E-state index contributed by atoms with van der Waals surface area (Å²) < 4.78 is 10.5. The topological polar surface area (TPSA) is 64.6 Å². The van der Waals surface area contributed by atoms with Crippen LogP contribution in [0.4, 0.5) is 0 Å². The number of carbonyl (C=O) groups is 2. The zero-order valence-electron chi connectivity index (χ0n) is 14.1. The van der Waals surface area contributed by atoms with Crippen LogP contribution in [0.2, 0.25) is 0 Å². The lowest BCUT2D eigenvalue weighted by molar-refractivity contribution is 0.0532. The molecule has 0 radical (unpaired) electrons. The molecule has 1 amide bonds. The van der Waals surface area contributed by atoms with Gasteiger partial charge in [-0.15, -0.1) is 11.3 Å². The highest BCUT2D eigenvalue weighted by Gasteiger charge is 2.17. The lowest BCUT2D eigenvalue weighted by Crippen LogP contribution is -2.31. The lowest BCUT2D eigenvalue weighted by atomic mass is 10.1. The number of esters is 1. The first-order valence-electron chi connectivity index (χ1n) is 8.44. The molecule has 3 rings (SSSR count). The third kappa shape index (κ3) is 4.46. The van der Waals surface area contributed by atoms with Crippen molar-refractivity contribution in [1.29, 1.82) is 0 Å². The maximum Gasteiger partial charge on any atom is 0.348 e. The van der Waals surface area contributed by atoms with Gasteiger partial charge in [-0.05, 0) is 49.6 Å². The summed E-state index contributed by atoms with van der Waals surface area (Å²) in [6.45, 7) is 3.45. The second-order valence-corrected chi connectivity index (χ2v) is 6.89. The van der Waals surface area contributed by atoms with E-state index in [9.17, 15) is 9.59 Å². The van der Waals surface area contributed by atoms with Gasteiger partial charge in [-0.1, -0.05) is 12.1 Å². The van der Waals surface area contributed by atoms with Gasteiger partial charge in [-0.2, -0.15) is 0 Å². The van der Waals surface area contributed by atoms with Crippen LogP contribution < -0.4 is 5.32 Å². The minimum atomic E-state index is -0.316. The Bertz CT molecular complexity index is 749. The molecule has 1 N–H and O–H groups in total. The Hall–Kier alpha value is -2.18. The molecule has 6 heteroatoms. The predicted octanol–water partition coefficient (Wildman–Crippen LogP) is 3.50. The average molecular weight is 359 g/mol. The van der Waals surface area contributed by atoms with Gasteiger partial charge in [-0.3, -0.25) is 4.79 Å². The molecular weight excluding hydrogens is 338 g/mol. The maximum atomic E-state index is 12.3. The predicted molar refractivity (Wildman–Crippen MR) is 97.0 cm³/mol. The molecule has 0 spiro atoms. The summed E-state index contributed by atoms with van der Waals surface area (Å²) in [4.78, 5) is 25.6. The maximum absolute atomic E-state index is 12.3. The lowest BCUT2D eigenvalue weighted by Gasteiger charge is -2.11. The average Bonchev–Trinajstić information content (AvgIpc) is 3.32. The number of thiophene rings is 1. The highest BCUT2D eigenvalue weighted by Crippen LogP contribution is 2.29. The Kier molecular flexibility index (Phi) is 5.83. The van der Waals surface area contributed by atoms with Crippen LogP contribution >= 0.6 is 11.3 Å². The van der Waals surface area contributed by atoms with Gasteiger partial charge < -0.3 is 14.8 Å². The number of benzene rings is 1. The monoisotopic (exact) mass is 359 g/mol. The third-order valence-electron chi connectivity index (χ3n) is 4.01. The second-order valence-electron chi connectivity index (χ2n) is 5.81. The van der Waals surface area contributed by atoms with Crippen LogP contribution in [-0.2, 0) is 9.47 Å². The number of amides is 1. The van der Waals surface area contributed by atoms with Gasteiger partial charge >= 0.3 is 5.97 Å². The van der Waals surface area contributed by atoms with Crippen molar-refractivity contribution >= 4 is 23.2 Å². The Morgan fingerprint density at radius 3 is 2.96 bits per heavy atom. The molecule has 132 valence electrons. The van der Waals surface area contributed by atoms with Gasteiger partial charge in [0.05, 0.1) is 12.7 Å². The van der Waals surface area contributed by atoms with Gasteiger partial charge in [0.25, 0.3) is 5.91 Å². The highest BCUT2D eigenvalue weighted by atomic mass is 32.1. The molecule has 1 saturated heterocycles. The normalized spacial score (nSPS) is 16.6. The minimum absolute atomic E-state index is 0.112. The summed E-state index contributed by atoms with van der Waals surface area (Å²) in [6.07, 6.45) is 2.17.